The highest BCUT2D eigenvalue weighted by atomic mass is 32.3. The van der Waals surface area contributed by atoms with Crippen molar-refractivity contribution in [1.29, 1.82) is 5.26 Å². The highest BCUT2D eigenvalue weighted by molar-refractivity contribution is 8.24. The molecule has 37 heavy (non-hydrogen) atoms. The maximum absolute atomic E-state index is 13.1. The van der Waals surface area contributed by atoms with E-state index in [0.717, 1.165) is 42.1 Å². The van der Waals surface area contributed by atoms with Crippen LogP contribution < -0.4 is 5.32 Å². The summed E-state index contributed by atoms with van der Waals surface area (Å²) in [6.45, 7) is 10.5. The number of hydrogen-bond donors (Lipinski definition) is 3. The quantitative estimate of drug-likeness (QED) is 0.382. The molecule has 0 bridgehead atoms. The normalized spacial score (nSPS) is 23.1. The van der Waals surface area contributed by atoms with E-state index >= 15 is 0 Å². The van der Waals surface area contributed by atoms with Crippen LogP contribution in [0.3, 0.4) is 0 Å². The molecule has 0 spiro atoms. The van der Waals surface area contributed by atoms with Crippen molar-refractivity contribution in [2.24, 2.45) is 5.92 Å². The predicted molar refractivity (Wildman–Crippen MR) is 152 cm³/mol. The molecule has 1 aromatic carbocycles. The maximum atomic E-state index is 13.1. The van der Waals surface area contributed by atoms with E-state index in [1.54, 1.807) is 17.4 Å². The zero-order valence-corrected chi connectivity index (χ0v) is 24.0. The molecular formula is C29H39N3O3S2. The van der Waals surface area contributed by atoms with Gasteiger partial charge < -0.3 is 5.32 Å². The molecule has 5 rings (SSSR count). The number of anilines is 1. The molecule has 3 N–H and O–H groups in total. The van der Waals surface area contributed by atoms with Gasteiger partial charge in [0.2, 0.25) is 5.91 Å². The van der Waals surface area contributed by atoms with Crippen LogP contribution in [-0.4, -0.2) is 37.7 Å². The standard InChI is InChI=1S/C29H39N3O3S2/c1-28(2)18-37(34,35)25-11-10-20(12-23(25)28)13-26(33)31-27-21(15-30)22-17-32(16-19-8-6-5-7-9-19)29(3,4)14-24(22)36-27/h10-12,19,34-35H,5-9,13-14,16-18H2,1-4H3,(H,31,33). The van der Waals surface area contributed by atoms with Gasteiger partial charge in [0.15, 0.2) is 0 Å². The van der Waals surface area contributed by atoms with Crippen LogP contribution in [0.5, 0.6) is 0 Å². The summed E-state index contributed by atoms with van der Waals surface area (Å²) in [4.78, 5) is 17.5. The van der Waals surface area contributed by atoms with Gasteiger partial charge in [-0.25, -0.2) is 0 Å². The molecule has 0 saturated heterocycles. The van der Waals surface area contributed by atoms with Gasteiger partial charge in [0.25, 0.3) is 0 Å². The van der Waals surface area contributed by atoms with Crippen molar-refractivity contribution in [3.8, 4) is 6.07 Å². The maximum Gasteiger partial charge on any atom is 0.229 e. The number of carbonyl (C=O) groups is 1. The second kappa shape index (κ2) is 9.69. The predicted octanol–water partition coefficient (Wildman–Crippen LogP) is 6.92. The molecule has 0 atom stereocenters. The Hall–Kier alpha value is -1.89. The molecule has 0 radical (unpaired) electrons. The summed E-state index contributed by atoms with van der Waals surface area (Å²) in [5, 5.41) is 13.8. The van der Waals surface area contributed by atoms with Gasteiger partial charge in [-0.1, -0.05) is 45.2 Å². The number of nitriles is 1. The number of nitrogens with zero attached hydrogens (tertiary/aromatic N) is 2. The first-order valence-electron chi connectivity index (χ1n) is 13.4. The lowest BCUT2D eigenvalue weighted by molar-refractivity contribution is -0.115. The first kappa shape index (κ1) is 26.7. The highest BCUT2D eigenvalue weighted by Crippen LogP contribution is 2.61. The van der Waals surface area contributed by atoms with Gasteiger partial charge in [0.1, 0.15) is 11.1 Å². The molecule has 1 saturated carbocycles. The van der Waals surface area contributed by atoms with Crippen molar-refractivity contribution in [1.82, 2.24) is 4.90 Å². The molecule has 1 aromatic heterocycles. The van der Waals surface area contributed by atoms with Crippen molar-refractivity contribution in [2.75, 3.05) is 17.6 Å². The fraction of sp³-hybridized carbons (Fsp3) is 0.586. The number of fused-ring (bicyclic) bond motifs is 2. The third-order valence-corrected chi connectivity index (χ3v) is 11.8. The van der Waals surface area contributed by atoms with Crippen LogP contribution in [0.15, 0.2) is 23.1 Å². The summed E-state index contributed by atoms with van der Waals surface area (Å²) in [5.74, 6) is 0.889. The van der Waals surface area contributed by atoms with E-state index in [9.17, 15) is 19.2 Å². The zero-order valence-electron chi connectivity index (χ0n) is 22.4. The molecule has 2 aromatic rings. The van der Waals surface area contributed by atoms with Gasteiger partial charge in [-0.15, -0.1) is 11.3 Å². The third kappa shape index (κ3) is 5.22. The minimum absolute atomic E-state index is 0.0249. The third-order valence-electron chi connectivity index (χ3n) is 8.51. The first-order valence-corrected chi connectivity index (χ1v) is 15.9. The molecule has 1 amide bonds. The molecule has 200 valence electrons. The summed E-state index contributed by atoms with van der Waals surface area (Å²) in [6.07, 6.45) is 7.66. The minimum atomic E-state index is -2.78. The summed E-state index contributed by atoms with van der Waals surface area (Å²) in [6, 6.07) is 7.90. The van der Waals surface area contributed by atoms with Crippen LogP contribution in [-0.2, 0) is 29.6 Å². The summed E-state index contributed by atoms with van der Waals surface area (Å²) in [7, 11) is -2.78. The summed E-state index contributed by atoms with van der Waals surface area (Å²) in [5.41, 5.74) is 3.11. The van der Waals surface area contributed by atoms with Gasteiger partial charge in [0.05, 0.1) is 22.6 Å². The number of benzene rings is 1. The van der Waals surface area contributed by atoms with Gasteiger partial charge in [-0.2, -0.15) is 15.9 Å². The lowest BCUT2D eigenvalue weighted by Gasteiger charge is -2.44. The van der Waals surface area contributed by atoms with Crippen LogP contribution >= 0.6 is 21.9 Å². The fourth-order valence-electron chi connectivity index (χ4n) is 6.45. The smallest absolute Gasteiger partial charge is 0.229 e. The SMILES string of the molecule is CC1(C)CS(O)(O)c2ccc(CC(=O)Nc3sc4c(c3C#N)CN(CC3CCCCC3)C(C)(C)C4)cc21. The van der Waals surface area contributed by atoms with Crippen molar-refractivity contribution in [2.45, 2.75) is 95.0 Å². The molecule has 2 aliphatic heterocycles. The number of thiophene rings is 1. The number of amides is 1. The topological polar surface area (TPSA) is 96.6 Å². The highest BCUT2D eigenvalue weighted by Gasteiger charge is 2.41. The number of nitrogens with one attached hydrogen (secondary N) is 1. The van der Waals surface area contributed by atoms with Crippen LogP contribution in [0.2, 0.25) is 0 Å². The van der Waals surface area contributed by atoms with Gasteiger partial charge >= 0.3 is 0 Å². The lowest BCUT2D eigenvalue weighted by Crippen LogP contribution is -2.50. The van der Waals surface area contributed by atoms with E-state index in [0.29, 0.717) is 21.2 Å². The molecule has 3 aliphatic rings. The number of carbonyl (C=O) groups excluding carboxylic acids is 1. The van der Waals surface area contributed by atoms with E-state index in [-0.39, 0.29) is 23.3 Å². The average Bonchev–Trinajstić information content (AvgIpc) is 3.22. The van der Waals surface area contributed by atoms with Gasteiger partial charge in [0, 0.05) is 40.9 Å². The largest absolute Gasteiger partial charge is 0.316 e. The molecule has 1 aliphatic carbocycles. The van der Waals surface area contributed by atoms with Crippen molar-refractivity contribution >= 4 is 32.8 Å². The Kier molecular flexibility index (Phi) is 7.00. The number of hydrogen-bond acceptors (Lipinski definition) is 6. The zero-order chi connectivity index (χ0) is 26.6. The summed E-state index contributed by atoms with van der Waals surface area (Å²) >= 11 is 1.55. The van der Waals surface area contributed by atoms with Gasteiger partial charge in [-0.05, 0) is 49.8 Å². The number of rotatable bonds is 5. The fourth-order valence-corrected chi connectivity index (χ4v) is 10.1. The van der Waals surface area contributed by atoms with Crippen LogP contribution in [0.4, 0.5) is 5.00 Å². The summed E-state index contributed by atoms with van der Waals surface area (Å²) < 4.78 is 20.9. The second-order valence-corrected chi connectivity index (χ2v) is 15.6. The molecule has 8 heteroatoms. The average molecular weight is 542 g/mol. The second-order valence-electron chi connectivity index (χ2n) is 12.4. The van der Waals surface area contributed by atoms with E-state index < -0.39 is 10.6 Å². The molecular weight excluding hydrogens is 502 g/mol. The Morgan fingerprint density at radius 3 is 2.65 bits per heavy atom. The van der Waals surface area contributed by atoms with Gasteiger partial charge in [-0.3, -0.25) is 18.8 Å². The van der Waals surface area contributed by atoms with E-state index in [4.69, 9.17) is 0 Å². The minimum Gasteiger partial charge on any atom is -0.316 e. The Morgan fingerprint density at radius 2 is 1.95 bits per heavy atom. The molecule has 6 nitrogen and oxygen atoms in total. The Bertz CT molecular complexity index is 1250. The Morgan fingerprint density at radius 1 is 1.22 bits per heavy atom. The van der Waals surface area contributed by atoms with Crippen molar-refractivity contribution in [3.63, 3.8) is 0 Å². The Balaban J connectivity index is 1.32. The van der Waals surface area contributed by atoms with E-state index in [2.05, 4.69) is 30.1 Å². The van der Waals surface area contributed by atoms with Crippen LogP contribution in [0, 0.1) is 17.2 Å². The van der Waals surface area contributed by atoms with Crippen LogP contribution in [0.1, 0.15) is 86.9 Å². The van der Waals surface area contributed by atoms with Crippen LogP contribution in [0.25, 0.3) is 0 Å². The monoisotopic (exact) mass is 541 g/mol. The Labute approximate surface area is 226 Å². The van der Waals surface area contributed by atoms with E-state index in [1.165, 1.54) is 37.0 Å². The van der Waals surface area contributed by atoms with E-state index in [1.807, 2.05) is 26.0 Å². The van der Waals surface area contributed by atoms with Crippen molar-refractivity contribution < 1.29 is 13.9 Å². The molecule has 1 fully saturated rings. The lowest BCUT2D eigenvalue weighted by atomic mass is 9.84. The first-order chi connectivity index (χ1) is 17.4. The molecule has 0 unspecified atom stereocenters. The molecule has 3 heterocycles. The van der Waals surface area contributed by atoms with Crippen molar-refractivity contribution in [3.05, 3.63) is 45.3 Å².